The molecule has 104 valence electrons. The quantitative estimate of drug-likeness (QED) is 0.546. The Bertz CT molecular complexity index is 822. The Kier molecular flexibility index (Phi) is 3.31. The van der Waals surface area contributed by atoms with Crippen molar-refractivity contribution >= 4 is 17.1 Å². The molecule has 5 heteroatoms. The van der Waals surface area contributed by atoms with Crippen molar-refractivity contribution in [2.75, 3.05) is 0 Å². The van der Waals surface area contributed by atoms with E-state index < -0.39 is 5.82 Å². The summed E-state index contributed by atoms with van der Waals surface area (Å²) in [5.41, 5.74) is 1.39. The first-order valence-electron chi connectivity index (χ1n) is 6.39. The number of rotatable bonds is 4. The lowest BCUT2D eigenvalue weighted by molar-refractivity contribution is 0.0895. The number of ketones is 2. The van der Waals surface area contributed by atoms with Gasteiger partial charge in [0, 0.05) is 11.8 Å². The van der Waals surface area contributed by atoms with E-state index in [1.54, 1.807) is 28.9 Å². The number of pyridine rings is 1. The van der Waals surface area contributed by atoms with Crippen molar-refractivity contribution in [3.8, 4) is 0 Å². The van der Waals surface area contributed by atoms with Crippen molar-refractivity contribution in [1.29, 1.82) is 0 Å². The number of aromatic nitrogens is 2. The Balaban J connectivity index is 1.83. The topological polar surface area (TPSA) is 51.4 Å². The molecule has 0 aliphatic heterocycles. The molecule has 3 aromatic rings. The molecule has 3 rings (SSSR count). The van der Waals surface area contributed by atoms with Crippen molar-refractivity contribution in [3.05, 3.63) is 71.8 Å². The Hall–Kier alpha value is -2.82. The number of carbonyl (C=O) groups excluding carboxylic acids is 2. The smallest absolute Gasteiger partial charge is 0.174 e. The van der Waals surface area contributed by atoms with Gasteiger partial charge in [-0.05, 0) is 36.4 Å². The van der Waals surface area contributed by atoms with Crippen LogP contribution in [0.15, 0.2) is 54.9 Å². The van der Waals surface area contributed by atoms with E-state index >= 15 is 0 Å². The van der Waals surface area contributed by atoms with Crippen molar-refractivity contribution in [2.24, 2.45) is 0 Å². The van der Waals surface area contributed by atoms with Crippen molar-refractivity contribution in [1.82, 2.24) is 9.61 Å². The van der Waals surface area contributed by atoms with Crippen LogP contribution in [-0.4, -0.2) is 21.2 Å². The third kappa shape index (κ3) is 2.58. The van der Waals surface area contributed by atoms with Crippen LogP contribution < -0.4 is 0 Å². The summed E-state index contributed by atoms with van der Waals surface area (Å²) in [7, 11) is 0. The molecule has 0 saturated heterocycles. The van der Waals surface area contributed by atoms with Crippen LogP contribution in [-0.2, 0) is 0 Å². The highest BCUT2D eigenvalue weighted by Gasteiger charge is 2.17. The van der Waals surface area contributed by atoms with Gasteiger partial charge in [0.25, 0.3) is 0 Å². The van der Waals surface area contributed by atoms with Gasteiger partial charge < -0.3 is 0 Å². The maximum Gasteiger partial charge on any atom is 0.174 e. The molecule has 0 saturated carbocycles. The van der Waals surface area contributed by atoms with E-state index in [0.29, 0.717) is 16.6 Å². The van der Waals surface area contributed by atoms with Crippen LogP contribution in [0.3, 0.4) is 0 Å². The molecular formula is C16H11FN2O2. The second kappa shape index (κ2) is 5.28. The highest BCUT2D eigenvalue weighted by atomic mass is 19.1. The van der Waals surface area contributed by atoms with Crippen LogP contribution in [0.25, 0.3) is 5.52 Å². The van der Waals surface area contributed by atoms with Gasteiger partial charge in [-0.2, -0.15) is 5.10 Å². The zero-order valence-electron chi connectivity index (χ0n) is 11.0. The fourth-order valence-corrected chi connectivity index (χ4v) is 2.13. The number of nitrogens with zero attached hydrogens (tertiary/aromatic N) is 2. The lowest BCUT2D eigenvalue weighted by Gasteiger charge is -2.00. The van der Waals surface area contributed by atoms with E-state index in [2.05, 4.69) is 5.10 Å². The summed E-state index contributed by atoms with van der Waals surface area (Å²) in [5, 5.41) is 4.07. The molecule has 0 spiro atoms. The molecular weight excluding hydrogens is 271 g/mol. The first kappa shape index (κ1) is 13.2. The highest BCUT2D eigenvalue weighted by Crippen LogP contribution is 2.14. The average Bonchev–Trinajstić information content (AvgIpc) is 2.92. The van der Waals surface area contributed by atoms with Crippen LogP contribution in [0.5, 0.6) is 0 Å². The minimum absolute atomic E-state index is 0.262. The van der Waals surface area contributed by atoms with Crippen molar-refractivity contribution in [2.45, 2.75) is 6.42 Å². The van der Waals surface area contributed by atoms with Gasteiger partial charge in [-0.1, -0.05) is 6.07 Å². The van der Waals surface area contributed by atoms with E-state index in [0.717, 1.165) is 0 Å². The molecule has 21 heavy (non-hydrogen) atoms. The standard InChI is InChI=1S/C16H11FN2O2/c17-12-6-4-11(5-7-12)15(20)9-16(21)13-10-18-19-8-2-1-3-14(13)19/h1-8,10H,9H2. The molecule has 0 bridgehead atoms. The lowest BCUT2D eigenvalue weighted by atomic mass is 10.0. The summed E-state index contributed by atoms with van der Waals surface area (Å²) < 4.78 is 14.4. The van der Waals surface area contributed by atoms with Crippen LogP contribution in [0.1, 0.15) is 27.1 Å². The normalized spacial score (nSPS) is 10.7. The maximum absolute atomic E-state index is 12.8. The number of hydrogen-bond donors (Lipinski definition) is 0. The first-order chi connectivity index (χ1) is 10.1. The molecule has 0 unspecified atom stereocenters. The number of Topliss-reactive ketones (excluding diaryl/α,β-unsaturated/α-hetero) is 2. The van der Waals surface area contributed by atoms with Crippen molar-refractivity contribution in [3.63, 3.8) is 0 Å². The fourth-order valence-electron chi connectivity index (χ4n) is 2.13. The molecule has 0 fully saturated rings. The molecule has 1 aromatic carbocycles. The second-order valence-electron chi connectivity index (χ2n) is 4.62. The molecule has 0 amide bonds. The van der Waals surface area contributed by atoms with Gasteiger partial charge in [-0.25, -0.2) is 8.91 Å². The van der Waals surface area contributed by atoms with Crippen molar-refractivity contribution < 1.29 is 14.0 Å². The molecule has 0 atom stereocenters. The van der Waals surface area contributed by atoms with E-state index in [9.17, 15) is 14.0 Å². The summed E-state index contributed by atoms with van der Waals surface area (Å²) >= 11 is 0. The molecule has 0 aliphatic carbocycles. The van der Waals surface area contributed by atoms with Gasteiger partial charge in [0.05, 0.1) is 23.7 Å². The van der Waals surface area contributed by atoms with Crippen LogP contribution in [0, 0.1) is 5.82 Å². The second-order valence-corrected chi connectivity index (χ2v) is 4.62. The van der Waals surface area contributed by atoms with Gasteiger partial charge in [0.2, 0.25) is 0 Å². The van der Waals surface area contributed by atoms with Gasteiger partial charge >= 0.3 is 0 Å². The fraction of sp³-hybridized carbons (Fsp3) is 0.0625. The van der Waals surface area contributed by atoms with Crippen LogP contribution in [0.2, 0.25) is 0 Å². The Morgan fingerprint density at radius 1 is 1.05 bits per heavy atom. The average molecular weight is 282 g/mol. The zero-order chi connectivity index (χ0) is 14.8. The van der Waals surface area contributed by atoms with E-state index in [1.807, 2.05) is 0 Å². The van der Waals surface area contributed by atoms with Crippen LogP contribution in [0.4, 0.5) is 4.39 Å². The molecule has 4 nitrogen and oxygen atoms in total. The predicted octanol–water partition coefficient (Wildman–Crippen LogP) is 2.93. The summed E-state index contributed by atoms with van der Waals surface area (Å²) in [5.74, 6) is -1.05. The van der Waals surface area contributed by atoms with Gasteiger partial charge in [0.1, 0.15) is 5.82 Å². The largest absolute Gasteiger partial charge is 0.294 e. The third-order valence-corrected chi connectivity index (χ3v) is 3.21. The lowest BCUT2D eigenvalue weighted by Crippen LogP contribution is -2.08. The minimum Gasteiger partial charge on any atom is -0.294 e. The monoisotopic (exact) mass is 282 g/mol. The Morgan fingerprint density at radius 3 is 2.57 bits per heavy atom. The number of fused-ring (bicyclic) bond motifs is 1. The van der Waals surface area contributed by atoms with Gasteiger partial charge in [-0.3, -0.25) is 9.59 Å². The molecule has 0 aliphatic rings. The SMILES string of the molecule is O=C(CC(=O)c1cnn2ccccc12)c1ccc(F)cc1. The molecule has 0 N–H and O–H groups in total. The summed E-state index contributed by atoms with van der Waals surface area (Å²) in [6, 6.07) is 10.5. The summed E-state index contributed by atoms with van der Waals surface area (Å²) in [6.45, 7) is 0. The van der Waals surface area contributed by atoms with Gasteiger partial charge in [0.15, 0.2) is 11.6 Å². The first-order valence-corrected chi connectivity index (χ1v) is 6.39. The molecule has 2 aromatic heterocycles. The number of carbonyl (C=O) groups is 2. The molecule has 0 radical (unpaired) electrons. The van der Waals surface area contributed by atoms with Crippen LogP contribution >= 0.6 is 0 Å². The Labute approximate surface area is 119 Å². The number of hydrogen-bond acceptors (Lipinski definition) is 3. The van der Waals surface area contributed by atoms with E-state index in [1.165, 1.54) is 30.5 Å². The summed E-state index contributed by atoms with van der Waals surface area (Å²) in [4.78, 5) is 24.2. The minimum atomic E-state index is -0.416. The van der Waals surface area contributed by atoms with Gasteiger partial charge in [-0.15, -0.1) is 0 Å². The van der Waals surface area contributed by atoms with E-state index in [4.69, 9.17) is 0 Å². The summed E-state index contributed by atoms with van der Waals surface area (Å²) in [6.07, 6.45) is 2.92. The maximum atomic E-state index is 12.8. The third-order valence-electron chi connectivity index (χ3n) is 3.21. The number of halogens is 1. The zero-order valence-corrected chi connectivity index (χ0v) is 11.0. The number of benzene rings is 1. The predicted molar refractivity (Wildman–Crippen MR) is 74.9 cm³/mol. The molecule has 2 heterocycles. The Morgan fingerprint density at radius 2 is 1.81 bits per heavy atom. The highest BCUT2D eigenvalue weighted by molar-refractivity contribution is 6.15. The van der Waals surface area contributed by atoms with E-state index in [-0.39, 0.29) is 18.0 Å².